The van der Waals surface area contributed by atoms with Crippen LogP contribution in [0.2, 0.25) is 0 Å². The van der Waals surface area contributed by atoms with Crippen molar-refractivity contribution in [2.45, 2.75) is 98.4 Å². The molecule has 3 heteroatoms. The van der Waals surface area contributed by atoms with Gasteiger partial charge in [-0.2, -0.15) is 10.4 Å². The molecule has 4 aliphatic rings. The Morgan fingerprint density at radius 3 is 2.74 bits per heavy atom. The second kappa shape index (κ2) is 7.93. The minimum absolute atomic E-state index is 0.509. The molecule has 0 spiro atoms. The third kappa shape index (κ3) is 3.30. The monoisotopic (exact) mass is 421 g/mol. The van der Waals surface area contributed by atoms with E-state index in [4.69, 9.17) is 5.26 Å². The molecule has 0 radical (unpaired) electrons. The molecule has 0 amide bonds. The van der Waals surface area contributed by atoms with Gasteiger partial charge in [-0.1, -0.05) is 34.1 Å². The second-order valence-electron chi connectivity index (χ2n) is 12.4. The molecule has 4 fully saturated rings. The molecule has 0 aromatic carbocycles. The summed E-state index contributed by atoms with van der Waals surface area (Å²) >= 11 is 0. The molecular weight excluding hydrogens is 378 g/mol. The number of rotatable bonds is 4. The second-order valence-corrected chi connectivity index (χ2v) is 12.4. The summed E-state index contributed by atoms with van der Waals surface area (Å²) in [5.74, 6) is 6.32. The van der Waals surface area contributed by atoms with Crippen molar-refractivity contribution < 1.29 is 0 Å². The maximum Gasteiger partial charge on any atom is 0.102 e. The van der Waals surface area contributed by atoms with Crippen molar-refractivity contribution >= 4 is 0 Å². The van der Waals surface area contributed by atoms with Crippen LogP contribution in [-0.2, 0) is 6.54 Å². The van der Waals surface area contributed by atoms with E-state index in [0.29, 0.717) is 22.3 Å². The van der Waals surface area contributed by atoms with E-state index in [2.05, 4.69) is 38.9 Å². The molecule has 3 unspecified atom stereocenters. The SMILES string of the molecule is CC[C@]12CC[C@H](C)C[C@H]1CC[C@H]1C3CCC([C@@H](C)Cn4cc(C#N)cn4)[C@@]3(C)CCC12. The smallest absolute Gasteiger partial charge is 0.102 e. The molecule has 31 heavy (non-hydrogen) atoms. The highest BCUT2D eigenvalue weighted by molar-refractivity contribution is 5.21. The molecule has 0 saturated heterocycles. The highest BCUT2D eigenvalue weighted by Crippen LogP contribution is 2.69. The Labute approximate surface area is 190 Å². The van der Waals surface area contributed by atoms with E-state index in [1.165, 1.54) is 64.2 Å². The zero-order chi connectivity index (χ0) is 21.8. The summed E-state index contributed by atoms with van der Waals surface area (Å²) in [5.41, 5.74) is 1.87. The third-order valence-electron chi connectivity index (χ3n) is 11.3. The molecule has 4 aliphatic carbocycles. The Kier molecular flexibility index (Phi) is 5.51. The van der Waals surface area contributed by atoms with Crippen LogP contribution in [0.25, 0.3) is 0 Å². The third-order valence-corrected chi connectivity index (χ3v) is 11.3. The van der Waals surface area contributed by atoms with Gasteiger partial charge in [-0.25, -0.2) is 0 Å². The first-order chi connectivity index (χ1) is 14.9. The molecule has 5 rings (SSSR count). The van der Waals surface area contributed by atoms with Crippen LogP contribution in [0.5, 0.6) is 0 Å². The van der Waals surface area contributed by atoms with E-state index in [1.807, 2.05) is 10.9 Å². The van der Waals surface area contributed by atoms with E-state index in [-0.39, 0.29) is 0 Å². The summed E-state index contributed by atoms with van der Waals surface area (Å²) in [5, 5.41) is 13.6. The van der Waals surface area contributed by atoms with Gasteiger partial charge in [0.05, 0.1) is 11.8 Å². The molecule has 0 N–H and O–H groups in total. The number of hydrogen-bond donors (Lipinski definition) is 0. The topological polar surface area (TPSA) is 41.6 Å². The number of hydrogen-bond acceptors (Lipinski definition) is 2. The molecular formula is C28H43N3. The van der Waals surface area contributed by atoms with Gasteiger partial charge < -0.3 is 0 Å². The fourth-order valence-corrected chi connectivity index (χ4v) is 9.89. The Hall–Kier alpha value is -1.30. The van der Waals surface area contributed by atoms with Crippen LogP contribution in [0.15, 0.2) is 12.4 Å². The highest BCUT2D eigenvalue weighted by Gasteiger charge is 2.61. The van der Waals surface area contributed by atoms with Crippen molar-refractivity contribution in [3.63, 3.8) is 0 Å². The van der Waals surface area contributed by atoms with Gasteiger partial charge in [0, 0.05) is 12.7 Å². The standard InChI is InChI=1S/C28H43N3/c1-5-28-13-10-19(2)14-22(28)6-7-23-25-9-8-24(27(25,4)12-11-26(23)28)20(3)17-31-18-21(15-29)16-30-31/h16,18-20,22-26H,5-14,17H2,1-4H3/t19-,20-,22+,23-,24?,25?,26?,27+,28-/m0/s1. The average Bonchev–Trinajstić information content (AvgIpc) is 3.36. The molecule has 0 aliphatic heterocycles. The van der Waals surface area contributed by atoms with E-state index in [0.717, 1.165) is 42.1 Å². The van der Waals surface area contributed by atoms with E-state index in [1.54, 1.807) is 6.20 Å². The fraction of sp³-hybridized carbons (Fsp3) is 0.857. The normalized spacial score (nSPS) is 45.3. The predicted octanol–water partition coefficient (Wildman–Crippen LogP) is 7.08. The Balaban J connectivity index is 1.35. The van der Waals surface area contributed by atoms with Crippen LogP contribution in [0, 0.1) is 63.6 Å². The highest BCUT2D eigenvalue weighted by atomic mass is 15.3. The molecule has 3 nitrogen and oxygen atoms in total. The number of nitriles is 1. The number of nitrogens with zero attached hydrogens (tertiary/aromatic N) is 3. The van der Waals surface area contributed by atoms with Gasteiger partial charge in [0.25, 0.3) is 0 Å². The lowest BCUT2D eigenvalue weighted by Crippen LogP contribution is -2.54. The molecule has 170 valence electrons. The largest absolute Gasteiger partial charge is 0.271 e. The van der Waals surface area contributed by atoms with E-state index < -0.39 is 0 Å². The predicted molar refractivity (Wildman–Crippen MR) is 125 cm³/mol. The maximum absolute atomic E-state index is 9.14. The Bertz CT molecular complexity index is 836. The summed E-state index contributed by atoms with van der Waals surface area (Å²) in [6.45, 7) is 11.1. The van der Waals surface area contributed by atoms with Crippen LogP contribution in [0.4, 0.5) is 0 Å². The van der Waals surface area contributed by atoms with Crippen molar-refractivity contribution in [1.29, 1.82) is 5.26 Å². The van der Waals surface area contributed by atoms with Crippen molar-refractivity contribution in [2.75, 3.05) is 0 Å². The van der Waals surface area contributed by atoms with Crippen LogP contribution in [-0.4, -0.2) is 9.78 Å². The van der Waals surface area contributed by atoms with Crippen molar-refractivity contribution in [2.24, 2.45) is 52.3 Å². The summed E-state index contributed by atoms with van der Waals surface area (Å²) in [6, 6.07) is 2.23. The van der Waals surface area contributed by atoms with Crippen molar-refractivity contribution in [3.8, 4) is 6.07 Å². The lowest BCUT2D eigenvalue weighted by atomic mass is 9.43. The van der Waals surface area contributed by atoms with E-state index >= 15 is 0 Å². The summed E-state index contributed by atoms with van der Waals surface area (Å²) < 4.78 is 2.02. The Morgan fingerprint density at radius 1 is 1.16 bits per heavy atom. The zero-order valence-electron chi connectivity index (χ0n) is 20.3. The van der Waals surface area contributed by atoms with Gasteiger partial charge >= 0.3 is 0 Å². The Morgan fingerprint density at radius 2 is 2.00 bits per heavy atom. The lowest BCUT2D eigenvalue weighted by Gasteiger charge is -2.62. The lowest BCUT2D eigenvalue weighted by molar-refractivity contribution is -0.130. The molecule has 0 bridgehead atoms. The number of aromatic nitrogens is 2. The van der Waals surface area contributed by atoms with Crippen LogP contribution < -0.4 is 0 Å². The van der Waals surface area contributed by atoms with Gasteiger partial charge in [-0.15, -0.1) is 0 Å². The van der Waals surface area contributed by atoms with Crippen molar-refractivity contribution in [1.82, 2.24) is 9.78 Å². The average molecular weight is 422 g/mol. The van der Waals surface area contributed by atoms with Crippen LogP contribution >= 0.6 is 0 Å². The first-order valence-corrected chi connectivity index (χ1v) is 13.3. The summed E-state index contributed by atoms with van der Waals surface area (Å²) in [6.07, 6.45) is 18.4. The van der Waals surface area contributed by atoms with Gasteiger partial charge in [0.1, 0.15) is 6.07 Å². The minimum Gasteiger partial charge on any atom is -0.271 e. The van der Waals surface area contributed by atoms with E-state index in [9.17, 15) is 0 Å². The zero-order valence-corrected chi connectivity index (χ0v) is 20.3. The van der Waals surface area contributed by atoms with Crippen molar-refractivity contribution in [3.05, 3.63) is 18.0 Å². The molecule has 9 atom stereocenters. The first kappa shape index (κ1) is 21.5. The molecule has 1 aromatic rings. The van der Waals surface area contributed by atoms with Crippen LogP contribution in [0.3, 0.4) is 0 Å². The van der Waals surface area contributed by atoms with Crippen LogP contribution in [0.1, 0.15) is 97.5 Å². The quantitative estimate of drug-likeness (QED) is 0.521. The van der Waals surface area contributed by atoms with Gasteiger partial charge in [-0.05, 0) is 110 Å². The van der Waals surface area contributed by atoms with Gasteiger partial charge in [-0.3, -0.25) is 4.68 Å². The molecule has 1 aromatic heterocycles. The fourth-order valence-electron chi connectivity index (χ4n) is 9.89. The van der Waals surface area contributed by atoms with Gasteiger partial charge in [0.2, 0.25) is 0 Å². The minimum atomic E-state index is 0.509. The first-order valence-electron chi connectivity index (χ1n) is 13.3. The summed E-state index contributed by atoms with van der Waals surface area (Å²) in [7, 11) is 0. The summed E-state index contributed by atoms with van der Waals surface area (Å²) in [4.78, 5) is 0. The maximum atomic E-state index is 9.14. The number of fused-ring (bicyclic) bond motifs is 5. The molecule has 4 saturated carbocycles. The molecule has 1 heterocycles. The van der Waals surface area contributed by atoms with Gasteiger partial charge in [0.15, 0.2) is 0 Å².